The third-order valence-electron chi connectivity index (χ3n) is 3.18. The summed E-state index contributed by atoms with van der Waals surface area (Å²) < 4.78 is 5.77. The number of fused-ring (bicyclic) bond motifs is 1. The van der Waals surface area contributed by atoms with Crippen LogP contribution in [0.4, 0.5) is 5.69 Å². The fourth-order valence-electron chi connectivity index (χ4n) is 2.21. The number of benzene rings is 1. The molecule has 2 N–H and O–H groups in total. The van der Waals surface area contributed by atoms with Crippen LogP contribution < -0.4 is 15.4 Å². The molecule has 4 heteroatoms. The van der Waals surface area contributed by atoms with Crippen molar-refractivity contribution in [3.05, 3.63) is 23.8 Å². The van der Waals surface area contributed by atoms with Gasteiger partial charge in [-0.25, -0.2) is 0 Å². The van der Waals surface area contributed by atoms with Crippen molar-refractivity contribution >= 4 is 11.6 Å². The summed E-state index contributed by atoms with van der Waals surface area (Å²) in [7, 11) is 0. The van der Waals surface area contributed by atoms with Crippen molar-refractivity contribution in [2.24, 2.45) is 5.73 Å². The average Bonchev–Trinajstić information content (AvgIpc) is 2.41. The molecule has 0 spiro atoms. The van der Waals surface area contributed by atoms with Gasteiger partial charge in [0.1, 0.15) is 5.75 Å². The van der Waals surface area contributed by atoms with Gasteiger partial charge in [0, 0.05) is 13.1 Å². The van der Waals surface area contributed by atoms with E-state index < -0.39 is 0 Å². The summed E-state index contributed by atoms with van der Waals surface area (Å²) in [6.07, 6.45) is 1.25. The first-order valence-electron chi connectivity index (χ1n) is 6.52. The summed E-state index contributed by atoms with van der Waals surface area (Å²) in [4.78, 5) is 14.1. The first-order chi connectivity index (χ1) is 8.71. The van der Waals surface area contributed by atoms with Gasteiger partial charge in [0.2, 0.25) is 0 Å². The van der Waals surface area contributed by atoms with E-state index in [1.807, 2.05) is 30.0 Å². The number of anilines is 1. The molecule has 4 nitrogen and oxygen atoms in total. The van der Waals surface area contributed by atoms with Crippen molar-refractivity contribution in [3.63, 3.8) is 0 Å². The minimum atomic E-state index is -0.364. The Morgan fingerprint density at radius 2 is 2.17 bits per heavy atom. The molecule has 1 amide bonds. The van der Waals surface area contributed by atoms with Crippen molar-refractivity contribution in [3.8, 4) is 5.75 Å². The maximum atomic E-state index is 12.2. The van der Waals surface area contributed by atoms with Gasteiger partial charge in [-0.2, -0.15) is 0 Å². The monoisotopic (exact) mass is 248 g/mol. The molecular weight excluding hydrogens is 228 g/mol. The van der Waals surface area contributed by atoms with Gasteiger partial charge >= 0.3 is 0 Å². The predicted octanol–water partition coefficient (Wildman–Crippen LogP) is 2.06. The minimum Gasteiger partial charge on any atom is -0.478 e. The molecule has 0 aromatic heterocycles. The number of carbonyl (C=O) groups excluding carboxylic acids is 1. The Bertz CT molecular complexity index is 445. The molecule has 1 aromatic rings. The van der Waals surface area contributed by atoms with Gasteiger partial charge in [-0.05, 0) is 30.5 Å². The molecule has 1 aromatic carbocycles. The van der Waals surface area contributed by atoms with Gasteiger partial charge in [0.15, 0.2) is 6.10 Å². The summed E-state index contributed by atoms with van der Waals surface area (Å²) >= 11 is 0. The summed E-state index contributed by atoms with van der Waals surface area (Å²) in [6, 6.07) is 5.81. The Kier molecular flexibility index (Phi) is 3.87. The molecule has 0 aliphatic carbocycles. The third-order valence-corrected chi connectivity index (χ3v) is 3.18. The molecule has 0 bridgehead atoms. The lowest BCUT2D eigenvalue weighted by Crippen LogP contribution is -2.46. The Morgan fingerprint density at radius 1 is 1.39 bits per heavy atom. The Labute approximate surface area is 108 Å². The number of carbonyl (C=O) groups is 1. The fourth-order valence-corrected chi connectivity index (χ4v) is 2.21. The number of nitrogens with two attached hydrogens (primary N) is 1. The Hall–Kier alpha value is -1.55. The molecule has 1 unspecified atom stereocenters. The van der Waals surface area contributed by atoms with E-state index in [2.05, 4.69) is 6.92 Å². The second kappa shape index (κ2) is 5.40. The number of ether oxygens (including phenoxy) is 1. The van der Waals surface area contributed by atoms with E-state index in [4.69, 9.17) is 10.5 Å². The van der Waals surface area contributed by atoms with Gasteiger partial charge in [-0.3, -0.25) is 4.79 Å². The van der Waals surface area contributed by atoms with Crippen molar-refractivity contribution < 1.29 is 9.53 Å². The van der Waals surface area contributed by atoms with Crippen LogP contribution in [-0.2, 0) is 11.3 Å². The van der Waals surface area contributed by atoms with E-state index in [9.17, 15) is 4.79 Å². The van der Waals surface area contributed by atoms with E-state index in [-0.39, 0.29) is 12.0 Å². The highest BCUT2D eigenvalue weighted by molar-refractivity contribution is 6.00. The van der Waals surface area contributed by atoms with Gasteiger partial charge in [0.05, 0.1) is 5.69 Å². The number of hydrogen-bond donors (Lipinski definition) is 1. The lowest BCUT2D eigenvalue weighted by molar-refractivity contribution is -0.126. The van der Waals surface area contributed by atoms with E-state index in [0.717, 1.165) is 30.0 Å². The van der Waals surface area contributed by atoms with Crippen LogP contribution in [0.15, 0.2) is 18.2 Å². The van der Waals surface area contributed by atoms with Crippen LogP contribution in [0, 0.1) is 0 Å². The molecular formula is C14H20N2O2. The average molecular weight is 248 g/mol. The minimum absolute atomic E-state index is 0.0624. The molecule has 0 saturated heterocycles. The van der Waals surface area contributed by atoms with Crippen molar-refractivity contribution in [1.29, 1.82) is 0 Å². The van der Waals surface area contributed by atoms with Gasteiger partial charge < -0.3 is 15.4 Å². The lowest BCUT2D eigenvalue weighted by Gasteiger charge is -2.34. The number of hydrogen-bond acceptors (Lipinski definition) is 3. The summed E-state index contributed by atoms with van der Waals surface area (Å²) in [6.45, 7) is 5.24. The highest BCUT2D eigenvalue weighted by atomic mass is 16.5. The smallest absolute Gasteiger partial charge is 0.268 e. The van der Waals surface area contributed by atoms with Crippen LogP contribution in [0.25, 0.3) is 0 Å². The summed E-state index contributed by atoms with van der Waals surface area (Å²) in [5, 5.41) is 0. The Morgan fingerprint density at radius 3 is 2.78 bits per heavy atom. The molecule has 0 radical (unpaired) electrons. The van der Waals surface area contributed by atoms with E-state index >= 15 is 0 Å². The number of amides is 1. The van der Waals surface area contributed by atoms with E-state index in [0.29, 0.717) is 13.0 Å². The zero-order valence-electron chi connectivity index (χ0n) is 11.0. The summed E-state index contributed by atoms with van der Waals surface area (Å²) in [5.74, 6) is 0.838. The van der Waals surface area contributed by atoms with Crippen LogP contribution in [0.3, 0.4) is 0 Å². The van der Waals surface area contributed by atoms with Gasteiger partial charge in [-0.1, -0.05) is 19.9 Å². The van der Waals surface area contributed by atoms with Gasteiger partial charge in [-0.15, -0.1) is 0 Å². The Balaban J connectivity index is 2.41. The third kappa shape index (κ3) is 2.20. The van der Waals surface area contributed by atoms with Crippen molar-refractivity contribution in [2.45, 2.75) is 39.3 Å². The van der Waals surface area contributed by atoms with Crippen molar-refractivity contribution in [1.82, 2.24) is 0 Å². The number of rotatable bonds is 4. The molecule has 1 heterocycles. The van der Waals surface area contributed by atoms with Crippen LogP contribution in [-0.4, -0.2) is 18.6 Å². The second-order valence-corrected chi connectivity index (χ2v) is 4.51. The molecule has 0 fully saturated rings. The highest BCUT2D eigenvalue weighted by Crippen LogP contribution is 2.35. The maximum Gasteiger partial charge on any atom is 0.268 e. The largest absolute Gasteiger partial charge is 0.478 e. The topological polar surface area (TPSA) is 55.6 Å². The molecule has 2 rings (SSSR count). The first-order valence-corrected chi connectivity index (χ1v) is 6.52. The SMILES string of the molecule is CCCN1C(=O)C(CC)Oc2cc(CN)ccc21. The molecule has 1 aliphatic rings. The maximum absolute atomic E-state index is 12.2. The summed E-state index contributed by atoms with van der Waals surface area (Å²) in [5.41, 5.74) is 7.52. The highest BCUT2D eigenvalue weighted by Gasteiger charge is 2.32. The molecule has 98 valence electrons. The molecule has 1 atom stereocenters. The number of nitrogens with zero attached hydrogens (tertiary/aromatic N) is 1. The van der Waals surface area contributed by atoms with Crippen LogP contribution >= 0.6 is 0 Å². The zero-order valence-corrected chi connectivity index (χ0v) is 11.0. The van der Waals surface area contributed by atoms with Gasteiger partial charge in [0.25, 0.3) is 5.91 Å². The molecule has 0 saturated carbocycles. The zero-order chi connectivity index (χ0) is 13.1. The quantitative estimate of drug-likeness (QED) is 0.887. The normalized spacial score (nSPS) is 18.5. The van der Waals surface area contributed by atoms with Crippen LogP contribution in [0.5, 0.6) is 5.75 Å². The first kappa shape index (κ1) is 12.9. The van der Waals surface area contributed by atoms with E-state index in [1.165, 1.54) is 0 Å². The van der Waals surface area contributed by atoms with Crippen LogP contribution in [0.1, 0.15) is 32.3 Å². The fraction of sp³-hybridized carbons (Fsp3) is 0.500. The standard InChI is InChI=1S/C14H20N2O2/c1-3-7-16-11-6-5-10(9-15)8-13(11)18-12(4-2)14(16)17/h5-6,8,12H,3-4,7,9,15H2,1-2H3. The second-order valence-electron chi connectivity index (χ2n) is 4.51. The van der Waals surface area contributed by atoms with Crippen LogP contribution in [0.2, 0.25) is 0 Å². The predicted molar refractivity (Wildman–Crippen MR) is 71.7 cm³/mol. The van der Waals surface area contributed by atoms with Crippen molar-refractivity contribution in [2.75, 3.05) is 11.4 Å². The molecule has 18 heavy (non-hydrogen) atoms. The lowest BCUT2D eigenvalue weighted by atomic mass is 10.1. The molecule has 1 aliphatic heterocycles. The van der Waals surface area contributed by atoms with E-state index in [1.54, 1.807) is 0 Å².